The number of benzene rings is 2. The molecule has 0 bridgehead atoms. The van der Waals surface area contributed by atoms with Crippen molar-refractivity contribution in [1.29, 1.82) is 0 Å². The molecule has 118 valence electrons. The van der Waals surface area contributed by atoms with Gasteiger partial charge in [-0.1, -0.05) is 60.2 Å². The number of para-hydroxylation sites is 1. The molecule has 2 rings (SSSR count). The molecule has 0 saturated heterocycles. The minimum Gasteiger partial charge on any atom is -0.496 e. The summed E-state index contributed by atoms with van der Waals surface area (Å²) in [4.78, 5) is 12.2. The van der Waals surface area contributed by atoms with E-state index in [0.29, 0.717) is 5.56 Å². The molecule has 0 unspecified atom stereocenters. The van der Waals surface area contributed by atoms with Gasteiger partial charge in [0.1, 0.15) is 5.75 Å². The van der Waals surface area contributed by atoms with E-state index >= 15 is 0 Å². The number of ketones is 1. The molecule has 23 heavy (non-hydrogen) atoms. The van der Waals surface area contributed by atoms with Gasteiger partial charge in [0.15, 0.2) is 5.78 Å². The van der Waals surface area contributed by atoms with Crippen LogP contribution in [0.15, 0.2) is 66.3 Å². The average molecular weight is 306 g/mol. The second-order valence-corrected chi connectivity index (χ2v) is 5.59. The van der Waals surface area contributed by atoms with Crippen LogP contribution in [0.4, 0.5) is 0 Å². The number of carbonyl (C=O) groups excluding carboxylic acids is 1. The van der Waals surface area contributed by atoms with Crippen LogP contribution in [0, 0.1) is 0 Å². The zero-order chi connectivity index (χ0) is 16.7. The van der Waals surface area contributed by atoms with Gasteiger partial charge in [-0.15, -0.1) is 0 Å². The summed E-state index contributed by atoms with van der Waals surface area (Å²) >= 11 is 0. The summed E-state index contributed by atoms with van der Waals surface area (Å²) in [5.74, 6) is 0.810. The van der Waals surface area contributed by atoms with Gasteiger partial charge in [0, 0.05) is 11.1 Å². The Bertz CT molecular complexity index is 721. The Morgan fingerprint density at radius 1 is 1.04 bits per heavy atom. The van der Waals surface area contributed by atoms with E-state index in [0.717, 1.165) is 23.3 Å². The Labute approximate surface area is 138 Å². The highest BCUT2D eigenvalue weighted by Gasteiger charge is 2.07. The van der Waals surface area contributed by atoms with Crippen molar-refractivity contribution in [2.24, 2.45) is 0 Å². The molecule has 2 aromatic carbocycles. The number of rotatable bonds is 6. The van der Waals surface area contributed by atoms with Gasteiger partial charge in [-0.2, -0.15) is 0 Å². The molecule has 2 nitrogen and oxygen atoms in total. The van der Waals surface area contributed by atoms with Crippen LogP contribution in [0.1, 0.15) is 35.3 Å². The molecule has 0 amide bonds. The standard InChI is InChI=1S/C21H22O2/c1-16(2)12-13-18-10-7-11-19(21(18)23-3)14-15-20(22)17-8-5-4-6-9-17/h4-12,14-15H,13H2,1-3H3. The summed E-state index contributed by atoms with van der Waals surface area (Å²) in [6, 6.07) is 15.3. The first kappa shape index (κ1) is 16.8. The monoisotopic (exact) mass is 306 g/mol. The molecule has 0 aliphatic heterocycles. The van der Waals surface area contributed by atoms with Crippen LogP contribution < -0.4 is 4.74 Å². The maximum Gasteiger partial charge on any atom is 0.185 e. The summed E-state index contributed by atoms with van der Waals surface area (Å²) in [6.45, 7) is 4.16. The molecule has 0 aliphatic rings. The van der Waals surface area contributed by atoms with Crippen LogP contribution in [-0.2, 0) is 6.42 Å². The van der Waals surface area contributed by atoms with Gasteiger partial charge in [0.25, 0.3) is 0 Å². The summed E-state index contributed by atoms with van der Waals surface area (Å²) in [6.07, 6.45) is 6.40. The minimum absolute atomic E-state index is 0.0117. The predicted molar refractivity (Wildman–Crippen MR) is 95.9 cm³/mol. The SMILES string of the molecule is COc1c(C=CC(=O)c2ccccc2)cccc1CC=C(C)C. The Kier molecular flexibility index (Phi) is 5.93. The van der Waals surface area contributed by atoms with Crippen LogP contribution in [0.3, 0.4) is 0 Å². The fourth-order valence-electron chi connectivity index (χ4n) is 2.32. The van der Waals surface area contributed by atoms with Crippen LogP contribution in [0.25, 0.3) is 6.08 Å². The highest BCUT2D eigenvalue weighted by molar-refractivity contribution is 6.06. The molecule has 0 aromatic heterocycles. The quantitative estimate of drug-likeness (QED) is 0.421. The third-order valence-electron chi connectivity index (χ3n) is 3.53. The second kappa shape index (κ2) is 8.14. The topological polar surface area (TPSA) is 26.3 Å². The first-order valence-electron chi connectivity index (χ1n) is 7.68. The first-order chi connectivity index (χ1) is 11.1. The maximum absolute atomic E-state index is 12.2. The van der Waals surface area contributed by atoms with E-state index in [1.165, 1.54) is 5.57 Å². The number of allylic oxidation sites excluding steroid dienone is 3. The summed E-state index contributed by atoms with van der Waals surface area (Å²) in [5, 5.41) is 0. The number of methoxy groups -OCH3 is 1. The molecule has 0 spiro atoms. The van der Waals surface area contributed by atoms with Gasteiger partial charge in [0.05, 0.1) is 7.11 Å². The van der Waals surface area contributed by atoms with Crippen LogP contribution in [0.2, 0.25) is 0 Å². The molecule has 0 radical (unpaired) electrons. The van der Waals surface area contributed by atoms with E-state index in [1.54, 1.807) is 13.2 Å². The lowest BCUT2D eigenvalue weighted by Crippen LogP contribution is -1.96. The molecule has 0 saturated carbocycles. The Morgan fingerprint density at radius 2 is 1.78 bits per heavy atom. The molecular formula is C21H22O2. The van der Waals surface area contributed by atoms with E-state index in [-0.39, 0.29) is 5.78 Å². The van der Waals surface area contributed by atoms with Crippen molar-refractivity contribution in [1.82, 2.24) is 0 Å². The highest BCUT2D eigenvalue weighted by atomic mass is 16.5. The number of hydrogen-bond donors (Lipinski definition) is 0. The third-order valence-corrected chi connectivity index (χ3v) is 3.53. The molecular weight excluding hydrogens is 284 g/mol. The normalized spacial score (nSPS) is 10.6. The number of hydrogen-bond acceptors (Lipinski definition) is 2. The Balaban J connectivity index is 2.25. The average Bonchev–Trinajstić information content (AvgIpc) is 2.58. The largest absolute Gasteiger partial charge is 0.496 e. The third kappa shape index (κ3) is 4.68. The molecule has 0 fully saturated rings. The fourth-order valence-corrected chi connectivity index (χ4v) is 2.32. The fraction of sp³-hybridized carbons (Fsp3) is 0.190. The van der Waals surface area contributed by atoms with Gasteiger partial charge >= 0.3 is 0 Å². The lowest BCUT2D eigenvalue weighted by Gasteiger charge is -2.10. The van der Waals surface area contributed by atoms with E-state index in [9.17, 15) is 4.79 Å². The smallest absolute Gasteiger partial charge is 0.185 e. The Morgan fingerprint density at radius 3 is 2.43 bits per heavy atom. The van der Waals surface area contributed by atoms with Crippen molar-refractivity contribution in [3.8, 4) is 5.75 Å². The van der Waals surface area contributed by atoms with Gasteiger partial charge in [0.2, 0.25) is 0 Å². The lowest BCUT2D eigenvalue weighted by atomic mass is 10.0. The second-order valence-electron chi connectivity index (χ2n) is 5.59. The highest BCUT2D eigenvalue weighted by Crippen LogP contribution is 2.26. The first-order valence-corrected chi connectivity index (χ1v) is 7.68. The molecule has 2 heteroatoms. The van der Waals surface area contributed by atoms with Gasteiger partial charge in [-0.25, -0.2) is 0 Å². The van der Waals surface area contributed by atoms with Crippen LogP contribution >= 0.6 is 0 Å². The maximum atomic E-state index is 12.2. The van der Waals surface area contributed by atoms with Crippen molar-refractivity contribution in [3.05, 3.63) is 82.9 Å². The van der Waals surface area contributed by atoms with E-state index in [1.807, 2.05) is 48.5 Å². The van der Waals surface area contributed by atoms with Crippen molar-refractivity contribution in [2.45, 2.75) is 20.3 Å². The Hall–Kier alpha value is -2.61. The molecule has 0 N–H and O–H groups in total. The predicted octanol–water partition coefficient (Wildman–Crippen LogP) is 5.10. The van der Waals surface area contributed by atoms with E-state index in [2.05, 4.69) is 26.0 Å². The van der Waals surface area contributed by atoms with E-state index in [4.69, 9.17) is 4.74 Å². The van der Waals surface area contributed by atoms with E-state index < -0.39 is 0 Å². The summed E-state index contributed by atoms with van der Waals surface area (Å²) < 4.78 is 5.55. The zero-order valence-corrected chi connectivity index (χ0v) is 13.9. The van der Waals surface area contributed by atoms with Gasteiger partial charge < -0.3 is 4.74 Å². The number of ether oxygens (including phenoxy) is 1. The van der Waals surface area contributed by atoms with Crippen LogP contribution in [-0.4, -0.2) is 12.9 Å². The molecule has 2 aromatic rings. The van der Waals surface area contributed by atoms with Crippen LogP contribution in [0.5, 0.6) is 5.75 Å². The van der Waals surface area contributed by atoms with Gasteiger partial charge in [-0.3, -0.25) is 4.79 Å². The van der Waals surface area contributed by atoms with Crippen molar-refractivity contribution in [3.63, 3.8) is 0 Å². The lowest BCUT2D eigenvalue weighted by molar-refractivity contribution is 0.104. The van der Waals surface area contributed by atoms with Crippen molar-refractivity contribution < 1.29 is 9.53 Å². The molecule has 0 aliphatic carbocycles. The van der Waals surface area contributed by atoms with Crippen molar-refractivity contribution >= 4 is 11.9 Å². The van der Waals surface area contributed by atoms with Crippen molar-refractivity contribution in [2.75, 3.05) is 7.11 Å². The number of carbonyl (C=O) groups is 1. The molecule has 0 heterocycles. The van der Waals surface area contributed by atoms with Gasteiger partial charge in [-0.05, 0) is 38.0 Å². The summed E-state index contributed by atoms with van der Waals surface area (Å²) in [5.41, 5.74) is 3.98. The molecule has 0 atom stereocenters. The summed E-state index contributed by atoms with van der Waals surface area (Å²) in [7, 11) is 1.66. The zero-order valence-electron chi connectivity index (χ0n) is 13.9. The minimum atomic E-state index is -0.0117.